The maximum Gasteiger partial charge on any atom is 0.416 e. The van der Waals surface area contributed by atoms with Crippen molar-refractivity contribution in [2.24, 2.45) is 0 Å². The molecule has 1 aliphatic heterocycles. The zero-order valence-electron chi connectivity index (χ0n) is 16.7. The minimum atomic E-state index is -4.43. The number of aryl methyl sites for hydroxylation is 2. The van der Waals surface area contributed by atoms with Crippen LogP contribution in [0, 0.1) is 13.8 Å². The molecule has 8 nitrogen and oxygen atoms in total. The van der Waals surface area contributed by atoms with E-state index < -0.39 is 21.8 Å². The summed E-state index contributed by atoms with van der Waals surface area (Å²) in [5.41, 5.74) is -0.131. The Morgan fingerprint density at radius 1 is 1.13 bits per heavy atom. The van der Waals surface area contributed by atoms with E-state index in [1.165, 1.54) is 16.4 Å². The summed E-state index contributed by atoms with van der Waals surface area (Å²) in [5, 5.41) is 11.7. The molecule has 0 N–H and O–H groups in total. The van der Waals surface area contributed by atoms with Crippen molar-refractivity contribution in [3.8, 4) is 11.5 Å². The third kappa shape index (κ3) is 4.09. The SMILES string of the molecule is Cc1noc(C)c1S(=O)(=O)N1CCCC(c2nnc(-c3ccc(C(F)(F)F)cc3)o2)C1. The molecule has 0 radical (unpaired) electrons. The lowest BCUT2D eigenvalue weighted by molar-refractivity contribution is -0.137. The van der Waals surface area contributed by atoms with E-state index in [2.05, 4.69) is 15.4 Å². The fourth-order valence-corrected chi connectivity index (χ4v) is 5.47. The minimum absolute atomic E-state index is 0.0594. The molecular weight excluding hydrogens is 437 g/mol. The number of sulfonamides is 1. The van der Waals surface area contributed by atoms with Crippen LogP contribution in [0.5, 0.6) is 0 Å². The van der Waals surface area contributed by atoms with Gasteiger partial charge in [0.25, 0.3) is 0 Å². The van der Waals surface area contributed by atoms with E-state index in [0.29, 0.717) is 30.6 Å². The molecule has 31 heavy (non-hydrogen) atoms. The molecule has 0 aliphatic carbocycles. The minimum Gasteiger partial charge on any atom is -0.420 e. The molecule has 1 fully saturated rings. The van der Waals surface area contributed by atoms with Gasteiger partial charge in [0.2, 0.25) is 21.8 Å². The van der Waals surface area contributed by atoms with Gasteiger partial charge in [0.1, 0.15) is 10.6 Å². The normalized spacial score (nSPS) is 18.4. The van der Waals surface area contributed by atoms with Crippen LogP contribution >= 0.6 is 0 Å². The van der Waals surface area contributed by atoms with Gasteiger partial charge in [-0.2, -0.15) is 17.5 Å². The lowest BCUT2D eigenvalue weighted by Crippen LogP contribution is -2.39. The molecule has 0 amide bonds. The molecule has 1 saturated heterocycles. The van der Waals surface area contributed by atoms with Crippen molar-refractivity contribution in [1.29, 1.82) is 0 Å². The highest BCUT2D eigenvalue weighted by Crippen LogP contribution is 2.34. The first kappa shape index (κ1) is 21.5. The summed E-state index contributed by atoms with van der Waals surface area (Å²) in [4.78, 5) is 0.0594. The second-order valence-electron chi connectivity index (χ2n) is 7.38. The lowest BCUT2D eigenvalue weighted by Gasteiger charge is -2.30. The summed E-state index contributed by atoms with van der Waals surface area (Å²) in [6.45, 7) is 3.59. The molecule has 1 aliphatic rings. The quantitative estimate of drug-likeness (QED) is 0.586. The summed E-state index contributed by atoms with van der Waals surface area (Å²) in [5.74, 6) is 0.213. The molecule has 0 spiro atoms. The van der Waals surface area contributed by atoms with Gasteiger partial charge in [-0.05, 0) is 51.0 Å². The summed E-state index contributed by atoms with van der Waals surface area (Å²) in [7, 11) is -3.80. The van der Waals surface area contributed by atoms with E-state index in [-0.39, 0.29) is 34.9 Å². The van der Waals surface area contributed by atoms with Crippen molar-refractivity contribution in [1.82, 2.24) is 19.7 Å². The van der Waals surface area contributed by atoms with Crippen molar-refractivity contribution >= 4 is 10.0 Å². The summed E-state index contributed by atoms with van der Waals surface area (Å²) < 4.78 is 76.4. The van der Waals surface area contributed by atoms with E-state index in [1.807, 2.05) is 0 Å². The van der Waals surface area contributed by atoms with Crippen molar-refractivity contribution in [2.75, 3.05) is 13.1 Å². The number of rotatable bonds is 4. The van der Waals surface area contributed by atoms with Crippen LogP contribution in [0.25, 0.3) is 11.5 Å². The number of benzene rings is 1. The van der Waals surface area contributed by atoms with Crippen LogP contribution in [0.4, 0.5) is 13.2 Å². The summed E-state index contributed by atoms with van der Waals surface area (Å²) in [6, 6.07) is 4.40. The van der Waals surface area contributed by atoms with E-state index in [9.17, 15) is 21.6 Å². The van der Waals surface area contributed by atoms with E-state index in [4.69, 9.17) is 8.94 Å². The Labute approximate surface area is 176 Å². The molecule has 12 heteroatoms. The topological polar surface area (TPSA) is 102 Å². The molecule has 3 heterocycles. The third-order valence-corrected chi connectivity index (χ3v) is 7.31. The highest BCUT2D eigenvalue weighted by atomic mass is 32.2. The van der Waals surface area contributed by atoms with Crippen LogP contribution in [0.15, 0.2) is 38.1 Å². The van der Waals surface area contributed by atoms with Gasteiger partial charge < -0.3 is 8.94 Å². The Morgan fingerprint density at radius 2 is 1.84 bits per heavy atom. The Balaban J connectivity index is 1.54. The zero-order valence-corrected chi connectivity index (χ0v) is 17.5. The van der Waals surface area contributed by atoms with Crippen molar-refractivity contribution in [2.45, 2.75) is 43.7 Å². The van der Waals surface area contributed by atoms with Gasteiger partial charge in [0.05, 0.1) is 11.5 Å². The monoisotopic (exact) mass is 456 g/mol. The molecule has 0 bridgehead atoms. The van der Waals surface area contributed by atoms with E-state index in [1.54, 1.807) is 13.8 Å². The molecule has 0 saturated carbocycles. The smallest absolute Gasteiger partial charge is 0.416 e. The first-order valence-electron chi connectivity index (χ1n) is 9.51. The van der Waals surface area contributed by atoms with Crippen LogP contribution < -0.4 is 0 Å². The summed E-state index contributed by atoms with van der Waals surface area (Å²) in [6.07, 6.45) is -3.20. The van der Waals surface area contributed by atoms with Crippen LogP contribution in [0.2, 0.25) is 0 Å². The standard InChI is InChI=1S/C19H19F3N4O4S/c1-11-16(12(2)30-25-11)31(27,28)26-9-3-4-14(10-26)18-24-23-17(29-18)13-5-7-15(8-6-13)19(20,21)22/h5-8,14H,3-4,9-10H2,1-2H3. The molecule has 4 rings (SSSR count). The fraction of sp³-hybridized carbons (Fsp3) is 0.421. The molecule has 2 aromatic heterocycles. The Morgan fingerprint density at radius 3 is 2.45 bits per heavy atom. The van der Waals surface area contributed by atoms with Crippen molar-refractivity contribution in [3.63, 3.8) is 0 Å². The third-order valence-electron chi connectivity index (χ3n) is 5.20. The van der Waals surface area contributed by atoms with Crippen LogP contribution in [0.1, 0.15) is 41.7 Å². The average Bonchev–Trinajstić information content (AvgIpc) is 3.35. The van der Waals surface area contributed by atoms with Crippen molar-refractivity contribution in [3.05, 3.63) is 47.2 Å². The number of aromatic nitrogens is 3. The fourth-order valence-electron chi connectivity index (χ4n) is 3.65. The Hall–Kier alpha value is -2.73. The number of halogens is 3. The van der Waals surface area contributed by atoms with Gasteiger partial charge in [-0.25, -0.2) is 8.42 Å². The van der Waals surface area contributed by atoms with Crippen molar-refractivity contribution < 1.29 is 30.5 Å². The second kappa shape index (κ2) is 7.75. The number of alkyl halides is 3. The van der Waals surface area contributed by atoms with Crippen LogP contribution in [0.3, 0.4) is 0 Å². The lowest BCUT2D eigenvalue weighted by atomic mass is 10.00. The van der Waals surface area contributed by atoms with Crippen LogP contribution in [-0.4, -0.2) is 41.2 Å². The Kier molecular flexibility index (Phi) is 5.38. The number of hydrogen-bond acceptors (Lipinski definition) is 7. The van der Waals surface area contributed by atoms with Gasteiger partial charge in [-0.15, -0.1) is 10.2 Å². The van der Waals surface area contributed by atoms with E-state index >= 15 is 0 Å². The predicted molar refractivity (Wildman–Crippen MR) is 101 cm³/mol. The first-order valence-corrected chi connectivity index (χ1v) is 11.0. The van der Waals surface area contributed by atoms with Gasteiger partial charge in [-0.3, -0.25) is 0 Å². The summed E-state index contributed by atoms with van der Waals surface area (Å²) >= 11 is 0. The highest BCUT2D eigenvalue weighted by molar-refractivity contribution is 7.89. The second-order valence-corrected chi connectivity index (χ2v) is 9.25. The van der Waals surface area contributed by atoms with Gasteiger partial charge in [-0.1, -0.05) is 5.16 Å². The number of nitrogens with zero attached hydrogens (tertiary/aromatic N) is 4. The Bertz CT molecular complexity index is 1170. The number of piperidine rings is 1. The molecule has 3 aromatic rings. The molecule has 1 atom stereocenters. The molecular formula is C19H19F3N4O4S. The van der Waals surface area contributed by atoms with Crippen LogP contribution in [-0.2, 0) is 16.2 Å². The van der Waals surface area contributed by atoms with E-state index in [0.717, 1.165) is 12.1 Å². The molecule has 1 aromatic carbocycles. The zero-order chi connectivity index (χ0) is 22.4. The average molecular weight is 456 g/mol. The maximum atomic E-state index is 13.1. The largest absolute Gasteiger partial charge is 0.420 e. The molecule has 1 unspecified atom stereocenters. The number of hydrogen-bond donors (Lipinski definition) is 0. The molecule has 166 valence electrons. The highest BCUT2D eigenvalue weighted by Gasteiger charge is 2.36. The predicted octanol–water partition coefficient (Wildman–Crippen LogP) is 3.93. The van der Waals surface area contributed by atoms with Gasteiger partial charge in [0, 0.05) is 18.7 Å². The first-order chi connectivity index (χ1) is 14.6. The maximum absolute atomic E-state index is 13.1. The van der Waals surface area contributed by atoms with Gasteiger partial charge in [0.15, 0.2) is 5.76 Å². The van der Waals surface area contributed by atoms with Gasteiger partial charge >= 0.3 is 6.18 Å².